The third-order valence-corrected chi connectivity index (χ3v) is 17.9. The molecule has 0 saturated carbocycles. The maximum absolute atomic E-state index is 10.7. The predicted octanol–water partition coefficient (Wildman–Crippen LogP) is 30.2. The molecule has 0 rings (SSSR count). The van der Waals surface area contributed by atoms with Crippen LogP contribution in [-0.4, -0.2) is 30.7 Å². The fourth-order valence-corrected chi connectivity index (χ4v) is 12.7. The van der Waals surface area contributed by atoms with Crippen LogP contribution in [0.4, 0.5) is 25.2 Å². The van der Waals surface area contributed by atoms with Crippen molar-refractivity contribution in [3.8, 4) is 0 Å². The maximum atomic E-state index is 9.87. The summed E-state index contributed by atoms with van der Waals surface area (Å²) in [6.45, 7) is 15.3. The summed E-state index contributed by atoms with van der Waals surface area (Å²) in [5.74, 6) is 0. The van der Waals surface area contributed by atoms with Gasteiger partial charge in [0.05, 0.1) is 26.2 Å². The Morgan fingerprint density at radius 2 is 0.225 bits per heavy atom. The summed E-state index contributed by atoms with van der Waals surface area (Å²) in [5.41, 5.74) is 0. The van der Waals surface area contributed by atoms with Gasteiger partial charge in [0.15, 0.2) is 0 Å². The van der Waals surface area contributed by atoms with Gasteiger partial charge in [0.1, 0.15) is 0 Å². The fourth-order valence-electron chi connectivity index (χ4n) is 12.7. The van der Waals surface area contributed by atoms with E-state index in [1.807, 2.05) is 0 Å². The van der Waals surface area contributed by atoms with Gasteiger partial charge in [-0.3, -0.25) is 0 Å². The first-order chi connectivity index (χ1) is 38.7. The van der Waals surface area contributed by atoms with E-state index in [1.165, 1.54) is 442 Å². The van der Waals surface area contributed by atoms with Crippen LogP contribution in [0.2, 0.25) is 0 Å². The quantitative estimate of drug-likeness (QED) is 0.0246. The van der Waals surface area contributed by atoms with Crippen molar-refractivity contribution in [2.45, 2.75) is 439 Å². The Balaban J connectivity index is 0. The average molecular weight is 1170 g/mol. The Morgan fingerprint density at radius 3 is 0.312 bits per heavy atom. The van der Waals surface area contributed by atoms with Gasteiger partial charge in [0.2, 0.25) is 0 Å². The van der Waals surface area contributed by atoms with Crippen molar-refractivity contribution in [1.29, 1.82) is 0 Å². The van der Waals surface area contributed by atoms with E-state index < -0.39 is 7.81 Å². The van der Waals surface area contributed by atoms with Crippen LogP contribution in [0.25, 0.3) is 0 Å². The number of rotatable bonds is 68. The van der Waals surface area contributed by atoms with Crippen LogP contribution in [0.3, 0.4) is 0 Å². The van der Waals surface area contributed by atoms with Gasteiger partial charge < -0.3 is 4.48 Å². The molecule has 488 valence electrons. The summed E-state index contributed by atoms with van der Waals surface area (Å²) in [4.78, 5) is 0. The minimum absolute atomic E-state index is 1.37. The molecular formula is C72H148F6NP. The molecule has 0 N–H and O–H groups in total. The Labute approximate surface area is 500 Å². The standard InChI is InChI=1S/C72H148N.F6P/c1-5-9-13-17-21-25-29-33-37-41-45-49-53-57-61-65-69-73(70-66-62-58-54-50-46-42-38-34-30-26-22-18-14-10-6-2,71-67-63-59-55-51-47-43-39-35-31-27-23-19-15-11-7-3)72-68-64-60-56-52-48-44-40-36-32-28-24-20-16-12-8-4;1-7(2,3,4,5)6/h5-72H2,1-4H3;/q+1;-1. The molecule has 0 aliphatic carbocycles. The molecule has 0 saturated heterocycles. The Morgan fingerprint density at radius 1 is 0.150 bits per heavy atom. The van der Waals surface area contributed by atoms with E-state index in [2.05, 4.69) is 27.7 Å². The van der Waals surface area contributed by atoms with Crippen molar-refractivity contribution in [3.63, 3.8) is 0 Å². The first-order valence-corrected chi connectivity index (χ1v) is 39.1. The van der Waals surface area contributed by atoms with Gasteiger partial charge in [-0.2, -0.15) is 0 Å². The van der Waals surface area contributed by atoms with Gasteiger partial charge in [0, 0.05) is 0 Å². The van der Waals surface area contributed by atoms with Crippen molar-refractivity contribution in [3.05, 3.63) is 0 Å². The van der Waals surface area contributed by atoms with Gasteiger partial charge >= 0.3 is 33.0 Å². The van der Waals surface area contributed by atoms with Gasteiger partial charge in [-0.05, 0) is 51.4 Å². The molecule has 0 aromatic carbocycles. The third-order valence-electron chi connectivity index (χ3n) is 17.9. The Kier molecular flexibility index (Phi) is 62.2. The average Bonchev–Trinajstić information content (AvgIpc) is 3.41. The molecule has 0 fully saturated rings. The van der Waals surface area contributed by atoms with E-state index in [0.717, 1.165) is 0 Å². The number of hydrogen-bond donors (Lipinski definition) is 0. The molecule has 0 aliphatic rings. The van der Waals surface area contributed by atoms with Gasteiger partial charge in [-0.25, -0.2) is 0 Å². The van der Waals surface area contributed by atoms with Crippen molar-refractivity contribution < 1.29 is 29.7 Å². The predicted molar refractivity (Wildman–Crippen MR) is 351 cm³/mol. The van der Waals surface area contributed by atoms with Crippen LogP contribution in [0.5, 0.6) is 0 Å². The van der Waals surface area contributed by atoms with Crippen molar-refractivity contribution in [1.82, 2.24) is 0 Å². The van der Waals surface area contributed by atoms with Crippen molar-refractivity contribution in [2.24, 2.45) is 0 Å². The van der Waals surface area contributed by atoms with Crippen LogP contribution in [-0.2, 0) is 0 Å². The summed E-state index contributed by atoms with van der Waals surface area (Å²) in [6, 6.07) is 0. The topological polar surface area (TPSA) is 0 Å². The Bertz CT molecular complexity index is 989. The molecule has 0 radical (unpaired) electrons. The molecule has 0 atom stereocenters. The molecule has 80 heavy (non-hydrogen) atoms. The second-order valence-corrected chi connectivity index (χ2v) is 28.3. The molecule has 0 amide bonds. The van der Waals surface area contributed by atoms with Gasteiger partial charge in [0.25, 0.3) is 0 Å². The first-order valence-electron chi connectivity index (χ1n) is 37.1. The first kappa shape index (κ1) is 82.0. The zero-order valence-electron chi connectivity index (χ0n) is 55.2. The summed E-state index contributed by atoms with van der Waals surface area (Å²) < 4.78 is 60.7. The molecule has 0 unspecified atom stereocenters. The molecule has 0 heterocycles. The van der Waals surface area contributed by atoms with Gasteiger partial charge in [-0.1, -0.05) is 387 Å². The second-order valence-electron chi connectivity index (χ2n) is 26.4. The van der Waals surface area contributed by atoms with E-state index in [4.69, 9.17) is 0 Å². The van der Waals surface area contributed by atoms with E-state index in [0.29, 0.717) is 0 Å². The zero-order chi connectivity index (χ0) is 59.0. The third kappa shape index (κ3) is 80.0. The number of quaternary nitrogens is 1. The molecule has 8 heteroatoms. The summed E-state index contributed by atoms with van der Waals surface area (Å²) in [7, 11) is -10.7. The summed E-state index contributed by atoms with van der Waals surface area (Å²) >= 11 is 0. The van der Waals surface area contributed by atoms with Gasteiger partial charge in [-0.15, -0.1) is 0 Å². The minimum atomic E-state index is -10.7. The number of unbranched alkanes of at least 4 members (excludes halogenated alkanes) is 60. The molecule has 1 nitrogen and oxygen atoms in total. The number of halogens is 6. The summed E-state index contributed by atoms with van der Waals surface area (Å²) in [6.07, 6.45) is 94.7. The normalized spacial score (nSPS) is 13.0. The molecule has 0 aromatic heterocycles. The van der Waals surface area contributed by atoms with E-state index >= 15 is 0 Å². The van der Waals surface area contributed by atoms with E-state index in [-0.39, 0.29) is 0 Å². The number of hydrogen-bond acceptors (Lipinski definition) is 0. The molecule has 0 aliphatic heterocycles. The number of nitrogens with zero attached hydrogens (tertiary/aromatic N) is 1. The van der Waals surface area contributed by atoms with Crippen LogP contribution >= 0.6 is 7.81 Å². The fraction of sp³-hybridized carbons (Fsp3) is 1.00. The van der Waals surface area contributed by atoms with E-state index in [9.17, 15) is 25.2 Å². The molecule has 0 aromatic rings. The Hall–Kier alpha value is -0.0300. The molecular weight excluding hydrogens is 1020 g/mol. The molecule has 0 spiro atoms. The van der Waals surface area contributed by atoms with Crippen LogP contribution < -0.4 is 0 Å². The second kappa shape index (κ2) is 60.6. The van der Waals surface area contributed by atoms with Crippen molar-refractivity contribution >= 4 is 7.81 Å². The van der Waals surface area contributed by atoms with Crippen LogP contribution in [0.15, 0.2) is 0 Å². The SMILES string of the molecule is CCCCCCCCCCCCCCCCCC[N+](CCCCCCCCCCCCCCCCCC)(CCCCCCCCCCCCCCCCCC)CCCCCCCCCCCCCCCCCC.F[P-](F)(F)(F)(F)F. The zero-order valence-corrected chi connectivity index (χ0v) is 56.1. The monoisotopic (exact) mass is 1170 g/mol. The van der Waals surface area contributed by atoms with Crippen LogP contribution in [0.1, 0.15) is 439 Å². The summed E-state index contributed by atoms with van der Waals surface area (Å²) in [5, 5.41) is 0. The molecule has 0 bridgehead atoms. The van der Waals surface area contributed by atoms with E-state index in [1.54, 1.807) is 0 Å². The van der Waals surface area contributed by atoms with Crippen molar-refractivity contribution in [2.75, 3.05) is 26.2 Å². The van der Waals surface area contributed by atoms with Crippen LogP contribution in [0, 0.1) is 0 Å².